The van der Waals surface area contributed by atoms with Crippen molar-refractivity contribution in [3.63, 3.8) is 0 Å². The summed E-state index contributed by atoms with van der Waals surface area (Å²) >= 11 is 0. The molecule has 23 heavy (non-hydrogen) atoms. The lowest BCUT2D eigenvalue weighted by atomic mass is 10.1. The number of carbonyl (C=O) groups excluding carboxylic acids is 4. The van der Waals surface area contributed by atoms with Crippen molar-refractivity contribution in [2.24, 2.45) is 0 Å². The molecule has 7 heteroatoms. The summed E-state index contributed by atoms with van der Waals surface area (Å²) in [4.78, 5) is 47.2. The summed E-state index contributed by atoms with van der Waals surface area (Å²) in [6.07, 6.45) is 0. The van der Waals surface area contributed by atoms with E-state index in [1.165, 1.54) is 36.4 Å². The van der Waals surface area contributed by atoms with E-state index in [1.54, 1.807) is 12.1 Å². The van der Waals surface area contributed by atoms with Crippen LogP contribution < -0.4 is 11.5 Å². The van der Waals surface area contributed by atoms with Gasteiger partial charge in [-0.1, -0.05) is 24.3 Å². The van der Waals surface area contributed by atoms with Crippen LogP contribution in [0.15, 0.2) is 48.5 Å². The van der Waals surface area contributed by atoms with E-state index in [2.05, 4.69) is 4.74 Å². The summed E-state index contributed by atoms with van der Waals surface area (Å²) in [6.45, 7) is 0. The van der Waals surface area contributed by atoms with Gasteiger partial charge in [-0.3, -0.25) is 9.59 Å². The van der Waals surface area contributed by atoms with Gasteiger partial charge in [0.05, 0.1) is 11.1 Å². The molecule has 0 saturated carbocycles. The van der Waals surface area contributed by atoms with Gasteiger partial charge in [-0.15, -0.1) is 0 Å². The molecule has 2 aromatic rings. The Morgan fingerprint density at radius 3 is 1.35 bits per heavy atom. The number of para-hydroxylation sites is 2. The fraction of sp³-hybridized carbons (Fsp3) is 0. The fourth-order valence-electron chi connectivity index (χ4n) is 1.80. The van der Waals surface area contributed by atoms with Crippen LogP contribution in [0.3, 0.4) is 0 Å². The minimum absolute atomic E-state index is 0.0560. The van der Waals surface area contributed by atoms with E-state index in [1.807, 2.05) is 0 Å². The lowest BCUT2D eigenvalue weighted by Gasteiger charge is -2.05. The molecule has 0 amide bonds. The first-order valence-electron chi connectivity index (χ1n) is 6.46. The quantitative estimate of drug-likeness (QED) is 0.283. The summed E-state index contributed by atoms with van der Waals surface area (Å²) in [5.74, 6) is -5.22. The molecule has 7 nitrogen and oxygen atoms in total. The van der Waals surface area contributed by atoms with Crippen molar-refractivity contribution >= 4 is 34.9 Å². The van der Waals surface area contributed by atoms with Crippen molar-refractivity contribution in [2.45, 2.75) is 0 Å². The van der Waals surface area contributed by atoms with Crippen LogP contribution in [0.25, 0.3) is 0 Å². The van der Waals surface area contributed by atoms with Gasteiger partial charge >= 0.3 is 11.9 Å². The van der Waals surface area contributed by atoms with E-state index in [9.17, 15) is 19.2 Å². The fourth-order valence-corrected chi connectivity index (χ4v) is 1.80. The molecule has 0 aliphatic heterocycles. The summed E-state index contributed by atoms with van der Waals surface area (Å²) in [7, 11) is 0. The molecule has 2 rings (SSSR count). The smallest absolute Gasteiger partial charge is 0.387 e. The number of Topliss-reactive ketones (excluding diaryl/α,β-unsaturated/α-hetero) is 2. The molecule has 0 spiro atoms. The summed E-state index contributed by atoms with van der Waals surface area (Å²) in [5, 5.41) is 0. The van der Waals surface area contributed by atoms with E-state index in [-0.39, 0.29) is 22.5 Å². The number of rotatable bonds is 4. The predicted octanol–water partition coefficient (Wildman–Crippen LogP) is 0.986. The molecule has 0 saturated heterocycles. The number of ether oxygens (including phenoxy) is 1. The molecule has 0 atom stereocenters. The number of nitrogens with two attached hydrogens (primary N) is 2. The Labute approximate surface area is 130 Å². The Kier molecular flexibility index (Phi) is 4.51. The third-order valence-electron chi connectivity index (χ3n) is 2.97. The standard InChI is InChI=1S/C16H12N2O5/c17-11-7-3-1-5-9(11)13(19)15(21)23-16(22)14(20)10-6-2-4-8-12(10)18/h1-8H,17-18H2. The predicted molar refractivity (Wildman–Crippen MR) is 81.5 cm³/mol. The topological polar surface area (TPSA) is 130 Å². The van der Waals surface area contributed by atoms with Gasteiger partial charge < -0.3 is 16.2 Å². The van der Waals surface area contributed by atoms with E-state index >= 15 is 0 Å². The lowest BCUT2D eigenvalue weighted by molar-refractivity contribution is -0.152. The van der Waals surface area contributed by atoms with Crippen molar-refractivity contribution in [3.8, 4) is 0 Å². The van der Waals surface area contributed by atoms with Gasteiger partial charge in [0, 0.05) is 11.4 Å². The SMILES string of the molecule is Nc1ccccc1C(=O)C(=O)OC(=O)C(=O)c1ccccc1N. The summed E-state index contributed by atoms with van der Waals surface area (Å²) in [5.41, 5.74) is 11.0. The second-order valence-corrected chi connectivity index (χ2v) is 4.51. The maximum Gasteiger partial charge on any atom is 0.387 e. The van der Waals surface area contributed by atoms with Gasteiger partial charge in [0.25, 0.3) is 11.6 Å². The Morgan fingerprint density at radius 1 is 0.652 bits per heavy atom. The van der Waals surface area contributed by atoms with Crippen LogP contribution >= 0.6 is 0 Å². The minimum Gasteiger partial charge on any atom is -0.398 e. The number of hydrogen-bond donors (Lipinski definition) is 2. The highest BCUT2D eigenvalue weighted by molar-refractivity contribution is 6.49. The van der Waals surface area contributed by atoms with Crippen molar-refractivity contribution in [3.05, 3.63) is 59.7 Å². The zero-order valence-corrected chi connectivity index (χ0v) is 11.8. The molecular formula is C16H12N2O5. The maximum absolute atomic E-state index is 11.9. The largest absolute Gasteiger partial charge is 0.398 e. The molecule has 0 aromatic heterocycles. The number of ketones is 2. The lowest BCUT2D eigenvalue weighted by Crippen LogP contribution is -2.27. The highest BCUT2D eigenvalue weighted by Crippen LogP contribution is 2.14. The van der Waals surface area contributed by atoms with Crippen LogP contribution in [0.1, 0.15) is 20.7 Å². The zero-order valence-electron chi connectivity index (χ0n) is 11.8. The molecule has 4 N–H and O–H groups in total. The van der Waals surface area contributed by atoms with Gasteiger partial charge in [-0.25, -0.2) is 9.59 Å². The van der Waals surface area contributed by atoms with Gasteiger partial charge in [0.1, 0.15) is 0 Å². The molecule has 0 aliphatic carbocycles. The van der Waals surface area contributed by atoms with Crippen LogP contribution in [0.2, 0.25) is 0 Å². The Balaban J connectivity index is 2.13. The molecular weight excluding hydrogens is 300 g/mol. The Hall–Kier alpha value is -3.48. The summed E-state index contributed by atoms with van der Waals surface area (Å²) in [6, 6.07) is 11.6. The van der Waals surface area contributed by atoms with E-state index in [4.69, 9.17) is 11.5 Å². The molecule has 0 radical (unpaired) electrons. The van der Waals surface area contributed by atoms with Gasteiger partial charge in [0.15, 0.2) is 0 Å². The van der Waals surface area contributed by atoms with Crippen LogP contribution in [-0.2, 0) is 14.3 Å². The number of esters is 2. The van der Waals surface area contributed by atoms with Crippen LogP contribution in [0.5, 0.6) is 0 Å². The van der Waals surface area contributed by atoms with Crippen LogP contribution in [0, 0.1) is 0 Å². The average Bonchev–Trinajstić information content (AvgIpc) is 2.54. The molecule has 0 bridgehead atoms. The van der Waals surface area contributed by atoms with Crippen molar-refractivity contribution in [1.82, 2.24) is 0 Å². The van der Waals surface area contributed by atoms with Gasteiger partial charge in [-0.2, -0.15) is 0 Å². The number of anilines is 2. The second kappa shape index (κ2) is 6.52. The molecule has 0 unspecified atom stereocenters. The minimum atomic E-state index is -1.49. The highest BCUT2D eigenvalue weighted by Gasteiger charge is 2.28. The first-order chi connectivity index (χ1) is 10.9. The van der Waals surface area contributed by atoms with Gasteiger partial charge in [-0.05, 0) is 24.3 Å². The van der Waals surface area contributed by atoms with E-state index in [0.29, 0.717) is 0 Å². The Bertz CT molecular complexity index is 746. The number of nitrogen functional groups attached to an aromatic ring is 2. The monoisotopic (exact) mass is 312 g/mol. The molecule has 0 heterocycles. The first-order valence-corrected chi connectivity index (χ1v) is 6.46. The molecule has 0 fully saturated rings. The van der Waals surface area contributed by atoms with Crippen molar-refractivity contribution in [2.75, 3.05) is 11.5 Å². The normalized spacial score (nSPS) is 9.91. The average molecular weight is 312 g/mol. The van der Waals surface area contributed by atoms with Crippen LogP contribution in [-0.4, -0.2) is 23.5 Å². The molecule has 116 valence electrons. The number of carbonyl (C=O) groups is 4. The van der Waals surface area contributed by atoms with Gasteiger partial charge in [0.2, 0.25) is 0 Å². The molecule has 2 aromatic carbocycles. The summed E-state index contributed by atoms with van der Waals surface area (Å²) < 4.78 is 4.30. The highest BCUT2D eigenvalue weighted by atomic mass is 16.6. The maximum atomic E-state index is 11.9. The molecule has 0 aliphatic rings. The van der Waals surface area contributed by atoms with E-state index in [0.717, 1.165) is 0 Å². The number of hydrogen-bond acceptors (Lipinski definition) is 7. The third-order valence-corrected chi connectivity index (χ3v) is 2.97. The second-order valence-electron chi connectivity index (χ2n) is 4.51. The van der Waals surface area contributed by atoms with Crippen molar-refractivity contribution in [1.29, 1.82) is 0 Å². The Morgan fingerprint density at radius 2 is 1.00 bits per heavy atom. The third kappa shape index (κ3) is 3.41. The van der Waals surface area contributed by atoms with E-state index < -0.39 is 23.5 Å². The van der Waals surface area contributed by atoms with Crippen LogP contribution in [0.4, 0.5) is 11.4 Å². The van der Waals surface area contributed by atoms with Crippen molar-refractivity contribution < 1.29 is 23.9 Å². The first kappa shape index (κ1) is 15.9. The number of benzene rings is 2. The zero-order chi connectivity index (χ0) is 17.0.